The second-order valence-corrected chi connectivity index (χ2v) is 5.22. The van der Waals surface area contributed by atoms with Crippen molar-refractivity contribution in [1.29, 1.82) is 0 Å². The first-order valence-corrected chi connectivity index (χ1v) is 8.53. The first kappa shape index (κ1) is 24.7. The van der Waals surface area contributed by atoms with Crippen molar-refractivity contribution < 1.29 is 9.53 Å². The van der Waals surface area contributed by atoms with E-state index >= 15 is 0 Å². The van der Waals surface area contributed by atoms with Crippen LogP contribution in [0.5, 0.6) is 0 Å². The van der Waals surface area contributed by atoms with Gasteiger partial charge in [-0.05, 0) is 40.0 Å². The highest BCUT2D eigenvalue weighted by Gasteiger charge is 2.05. The number of carbonyl (C=O) groups excluding carboxylic acids is 1. The number of unbranched alkanes of at least 4 members (excludes halogenated alkanes) is 1. The minimum Gasteiger partial charge on any atom is -0.382 e. The fourth-order valence-corrected chi connectivity index (χ4v) is 1.74. The molecule has 0 radical (unpaired) electrons. The largest absolute Gasteiger partial charge is 0.382 e. The van der Waals surface area contributed by atoms with E-state index in [0.29, 0.717) is 13.0 Å². The molecule has 1 unspecified atom stereocenters. The van der Waals surface area contributed by atoms with Gasteiger partial charge in [0.1, 0.15) is 0 Å². The maximum atomic E-state index is 11.7. The number of rotatable bonds is 12. The Hall–Kier alpha value is -0.570. The van der Waals surface area contributed by atoms with Gasteiger partial charge >= 0.3 is 0 Å². The minimum atomic E-state index is 0. The summed E-state index contributed by atoms with van der Waals surface area (Å²) in [6, 6.07) is 0.236. The van der Waals surface area contributed by atoms with Crippen molar-refractivity contribution in [1.82, 2.24) is 16.0 Å². The van der Waals surface area contributed by atoms with E-state index in [-0.39, 0.29) is 35.9 Å². The van der Waals surface area contributed by atoms with E-state index in [4.69, 9.17) is 4.74 Å². The Kier molecular flexibility index (Phi) is 19.1. The number of aliphatic imine (C=N–C) groups is 1. The van der Waals surface area contributed by atoms with Crippen molar-refractivity contribution in [3.05, 3.63) is 0 Å². The third-order valence-electron chi connectivity index (χ3n) is 3.18. The predicted molar refractivity (Wildman–Crippen MR) is 108 cm³/mol. The van der Waals surface area contributed by atoms with Crippen molar-refractivity contribution in [3.63, 3.8) is 0 Å². The van der Waals surface area contributed by atoms with E-state index in [1.165, 1.54) is 0 Å². The first-order valence-electron chi connectivity index (χ1n) is 8.53. The molecule has 23 heavy (non-hydrogen) atoms. The molecule has 1 atom stereocenters. The molecule has 138 valence electrons. The molecule has 0 saturated heterocycles. The standard InChI is InChI=1S/C16H34N4O2.HI/c1-5-14(4)20-15(21)10-12-19-16(17-6-2)18-11-8-9-13-22-7-3;/h14H,5-13H2,1-4H3,(H,20,21)(H2,17,18,19);1H. The molecule has 0 aliphatic rings. The van der Waals surface area contributed by atoms with Crippen molar-refractivity contribution in [3.8, 4) is 0 Å². The van der Waals surface area contributed by atoms with E-state index in [1.807, 2.05) is 20.8 Å². The summed E-state index contributed by atoms with van der Waals surface area (Å²) in [6.07, 6.45) is 3.43. The molecule has 6 nitrogen and oxygen atoms in total. The fourth-order valence-electron chi connectivity index (χ4n) is 1.74. The molecular formula is C16H35IN4O2. The van der Waals surface area contributed by atoms with E-state index in [0.717, 1.165) is 51.5 Å². The summed E-state index contributed by atoms with van der Waals surface area (Å²) < 4.78 is 5.30. The molecule has 0 rings (SSSR count). The van der Waals surface area contributed by atoms with Gasteiger partial charge in [0.2, 0.25) is 5.91 Å². The predicted octanol–water partition coefficient (Wildman–Crippen LogP) is 2.28. The third kappa shape index (κ3) is 16.1. The summed E-state index contributed by atoms with van der Waals surface area (Å²) in [5.41, 5.74) is 0. The third-order valence-corrected chi connectivity index (χ3v) is 3.18. The van der Waals surface area contributed by atoms with Crippen LogP contribution in [0.2, 0.25) is 0 Å². The molecule has 0 bridgehead atoms. The molecule has 0 aromatic heterocycles. The molecule has 0 aromatic rings. The zero-order valence-electron chi connectivity index (χ0n) is 15.1. The first-order chi connectivity index (χ1) is 10.6. The highest BCUT2D eigenvalue weighted by atomic mass is 127. The Labute approximate surface area is 158 Å². The number of amides is 1. The fraction of sp³-hybridized carbons (Fsp3) is 0.875. The summed E-state index contributed by atoms with van der Waals surface area (Å²) in [5, 5.41) is 9.33. The van der Waals surface area contributed by atoms with Crippen LogP contribution < -0.4 is 16.0 Å². The maximum absolute atomic E-state index is 11.7. The van der Waals surface area contributed by atoms with E-state index in [1.54, 1.807) is 0 Å². The molecule has 0 heterocycles. The number of ether oxygens (including phenoxy) is 1. The van der Waals surface area contributed by atoms with Crippen LogP contribution in [0.25, 0.3) is 0 Å². The molecule has 0 aliphatic carbocycles. The van der Waals surface area contributed by atoms with Crippen molar-refractivity contribution in [2.45, 2.75) is 59.4 Å². The highest BCUT2D eigenvalue weighted by Crippen LogP contribution is 1.92. The Morgan fingerprint density at radius 3 is 2.52 bits per heavy atom. The van der Waals surface area contributed by atoms with Crippen LogP contribution in [-0.4, -0.2) is 50.8 Å². The lowest BCUT2D eigenvalue weighted by molar-refractivity contribution is -0.121. The SMILES string of the molecule is CCNC(=NCCCCOCC)NCCC(=O)NC(C)CC.I. The summed E-state index contributed by atoms with van der Waals surface area (Å²) in [7, 11) is 0. The maximum Gasteiger partial charge on any atom is 0.221 e. The Bertz CT molecular complexity index is 314. The van der Waals surface area contributed by atoms with Gasteiger partial charge in [-0.2, -0.15) is 0 Å². The monoisotopic (exact) mass is 442 g/mol. The lowest BCUT2D eigenvalue weighted by Gasteiger charge is -2.13. The molecule has 0 aliphatic heterocycles. The molecule has 1 amide bonds. The summed E-state index contributed by atoms with van der Waals surface area (Å²) >= 11 is 0. The number of halogens is 1. The van der Waals surface area contributed by atoms with Gasteiger partial charge in [-0.1, -0.05) is 6.92 Å². The highest BCUT2D eigenvalue weighted by molar-refractivity contribution is 14.0. The van der Waals surface area contributed by atoms with Gasteiger partial charge in [-0.3, -0.25) is 9.79 Å². The molecule has 7 heteroatoms. The number of nitrogens with zero attached hydrogens (tertiary/aromatic N) is 1. The molecule has 0 aromatic carbocycles. The number of hydrogen-bond donors (Lipinski definition) is 3. The zero-order valence-corrected chi connectivity index (χ0v) is 17.4. The van der Waals surface area contributed by atoms with Gasteiger partial charge in [0.05, 0.1) is 0 Å². The zero-order chi connectivity index (χ0) is 16.6. The summed E-state index contributed by atoms with van der Waals surface area (Å²) in [5.74, 6) is 0.852. The van der Waals surface area contributed by atoms with Gasteiger partial charge in [-0.15, -0.1) is 24.0 Å². The number of hydrogen-bond acceptors (Lipinski definition) is 3. The lowest BCUT2D eigenvalue weighted by atomic mass is 10.2. The Balaban J connectivity index is 0. The van der Waals surface area contributed by atoms with Crippen LogP contribution >= 0.6 is 24.0 Å². The smallest absolute Gasteiger partial charge is 0.221 e. The van der Waals surface area contributed by atoms with Crippen molar-refractivity contribution >= 4 is 35.8 Å². The van der Waals surface area contributed by atoms with Gasteiger partial charge in [0, 0.05) is 45.3 Å². The van der Waals surface area contributed by atoms with Gasteiger partial charge in [0.15, 0.2) is 5.96 Å². The van der Waals surface area contributed by atoms with Crippen LogP contribution in [0.1, 0.15) is 53.4 Å². The second kappa shape index (κ2) is 17.8. The molecule has 0 spiro atoms. The minimum absolute atomic E-state index is 0. The van der Waals surface area contributed by atoms with Gasteiger partial charge in [0.25, 0.3) is 0 Å². The van der Waals surface area contributed by atoms with Crippen LogP contribution in [0, 0.1) is 0 Å². The quantitative estimate of drug-likeness (QED) is 0.188. The Morgan fingerprint density at radius 1 is 1.17 bits per heavy atom. The van der Waals surface area contributed by atoms with Crippen LogP contribution in [-0.2, 0) is 9.53 Å². The lowest BCUT2D eigenvalue weighted by Crippen LogP contribution is -2.40. The van der Waals surface area contributed by atoms with Crippen LogP contribution in [0.4, 0.5) is 0 Å². The van der Waals surface area contributed by atoms with Crippen molar-refractivity contribution in [2.24, 2.45) is 4.99 Å². The van der Waals surface area contributed by atoms with Gasteiger partial charge in [-0.25, -0.2) is 0 Å². The molecular weight excluding hydrogens is 407 g/mol. The normalized spacial score (nSPS) is 12.3. The number of nitrogens with one attached hydrogen (secondary N) is 3. The van der Waals surface area contributed by atoms with E-state index in [2.05, 4.69) is 27.9 Å². The average Bonchev–Trinajstić information content (AvgIpc) is 2.50. The average molecular weight is 442 g/mol. The summed E-state index contributed by atoms with van der Waals surface area (Å²) in [6.45, 7) is 11.8. The number of guanidine groups is 1. The summed E-state index contributed by atoms with van der Waals surface area (Å²) in [4.78, 5) is 16.2. The molecule has 0 saturated carbocycles. The van der Waals surface area contributed by atoms with Crippen LogP contribution in [0.15, 0.2) is 4.99 Å². The van der Waals surface area contributed by atoms with E-state index in [9.17, 15) is 4.79 Å². The van der Waals surface area contributed by atoms with Crippen LogP contribution in [0.3, 0.4) is 0 Å². The van der Waals surface area contributed by atoms with Crippen molar-refractivity contribution in [2.75, 3.05) is 32.8 Å². The molecule has 3 N–H and O–H groups in total. The van der Waals surface area contributed by atoms with Gasteiger partial charge < -0.3 is 20.7 Å². The van der Waals surface area contributed by atoms with E-state index < -0.39 is 0 Å². The second-order valence-electron chi connectivity index (χ2n) is 5.22. The molecule has 0 fully saturated rings. The topological polar surface area (TPSA) is 74.8 Å². The number of carbonyl (C=O) groups is 1. The Morgan fingerprint density at radius 2 is 1.91 bits per heavy atom.